The van der Waals surface area contributed by atoms with E-state index in [4.69, 9.17) is 0 Å². The van der Waals surface area contributed by atoms with Gasteiger partial charge in [-0.25, -0.2) is 4.98 Å². The lowest BCUT2D eigenvalue weighted by molar-refractivity contribution is -0.124. The van der Waals surface area contributed by atoms with E-state index < -0.39 is 6.04 Å². The van der Waals surface area contributed by atoms with E-state index in [2.05, 4.69) is 20.9 Å². The first-order valence-electron chi connectivity index (χ1n) is 8.46. The Balaban J connectivity index is 1.65. The number of carbonyl (C=O) groups is 3. The maximum Gasteiger partial charge on any atom is 0.248 e. The molecule has 3 N–H and O–H groups in total. The summed E-state index contributed by atoms with van der Waals surface area (Å²) in [6.07, 6.45) is 0.0184. The molecule has 1 aromatic heterocycles. The summed E-state index contributed by atoms with van der Waals surface area (Å²) < 4.78 is 1.74. The highest BCUT2D eigenvalue weighted by atomic mass is 16.2. The number of benzene rings is 2. The molecule has 0 bridgehead atoms. The van der Waals surface area contributed by atoms with E-state index in [1.54, 1.807) is 28.8 Å². The number of amides is 3. The van der Waals surface area contributed by atoms with Crippen LogP contribution in [0.1, 0.15) is 19.4 Å². The Morgan fingerprint density at radius 2 is 1.85 bits per heavy atom. The standard InChI is InChI=1S/C19H17N5O3/c1-11(25)20-12-5-4-6-13(9-12)21-18(27)16-10-17(26)23-19-22-14-7-2-3-8-15(14)24(16)19/h2-9,16H,10H2,1H3,(H,20,25)(H,21,27)(H,22,23,26). The van der Waals surface area contributed by atoms with Crippen LogP contribution in [0.15, 0.2) is 48.5 Å². The molecule has 3 aromatic rings. The molecule has 2 aromatic carbocycles. The second-order valence-electron chi connectivity index (χ2n) is 6.31. The van der Waals surface area contributed by atoms with E-state index in [0.29, 0.717) is 22.8 Å². The van der Waals surface area contributed by atoms with E-state index in [1.807, 2.05) is 24.3 Å². The third kappa shape index (κ3) is 3.24. The van der Waals surface area contributed by atoms with Crippen LogP contribution < -0.4 is 16.0 Å². The molecular formula is C19H17N5O3. The Bertz CT molecular complexity index is 1070. The number of imidazole rings is 1. The maximum atomic E-state index is 12.9. The van der Waals surface area contributed by atoms with Crippen molar-refractivity contribution in [1.82, 2.24) is 9.55 Å². The maximum absolute atomic E-state index is 12.9. The number of para-hydroxylation sites is 2. The molecule has 0 saturated heterocycles. The van der Waals surface area contributed by atoms with Crippen molar-refractivity contribution in [2.75, 3.05) is 16.0 Å². The van der Waals surface area contributed by atoms with E-state index in [-0.39, 0.29) is 24.1 Å². The van der Waals surface area contributed by atoms with Gasteiger partial charge in [-0.15, -0.1) is 0 Å². The van der Waals surface area contributed by atoms with Gasteiger partial charge in [0.1, 0.15) is 6.04 Å². The third-order valence-electron chi connectivity index (χ3n) is 4.29. The van der Waals surface area contributed by atoms with Gasteiger partial charge in [0.2, 0.25) is 23.7 Å². The van der Waals surface area contributed by atoms with E-state index in [1.165, 1.54) is 6.92 Å². The van der Waals surface area contributed by atoms with E-state index in [0.717, 1.165) is 5.52 Å². The van der Waals surface area contributed by atoms with Gasteiger partial charge in [0.05, 0.1) is 17.5 Å². The van der Waals surface area contributed by atoms with Crippen molar-refractivity contribution in [2.45, 2.75) is 19.4 Å². The highest BCUT2D eigenvalue weighted by Crippen LogP contribution is 2.31. The van der Waals surface area contributed by atoms with Crippen molar-refractivity contribution in [1.29, 1.82) is 0 Å². The van der Waals surface area contributed by atoms with Crippen LogP contribution in [0.5, 0.6) is 0 Å². The van der Waals surface area contributed by atoms with Gasteiger partial charge < -0.3 is 10.6 Å². The minimum atomic E-state index is -0.717. The largest absolute Gasteiger partial charge is 0.326 e. The zero-order valence-corrected chi connectivity index (χ0v) is 14.5. The molecule has 2 heterocycles. The Morgan fingerprint density at radius 1 is 1.11 bits per heavy atom. The van der Waals surface area contributed by atoms with Crippen molar-refractivity contribution >= 4 is 46.1 Å². The summed E-state index contributed by atoms with van der Waals surface area (Å²) in [5.41, 5.74) is 2.60. The van der Waals surface area contributed by atoms with Gasteiger partial charge in [0.25, 0.3) is 0 Å². The van der Waals surface area contributed by atoms with Gasteiger partial charge in [-0.05, 0) is 30.3 Å². The summed E-state index contributed by atoms with van der Waals surface area (Å²) in [6.45, 7) is 1.41. The first-order chi connectivity index (χ1) is 13.0. The van der Waals surface area contributed by atoms with Crippen molar-refractivity contribution in [3.63, 3.8) is 0 Å². The minimum absolute atomic E-state index is 0.0184. The molecule has 8 nitrogen and oxygen atoms in total. The predicted octanol–water partition coefficient (Wildman–Crippen LogP) is 2.52. The van der Waals surface area contributed by atoms with Crippen LogP contribution in [0.3, 0.4) is 0 Å². The molecule has 1 aliphatic heterocycles. The summed E-state index contributed by atoms with van der Waals surface area (Å²) in [5, 5.41) is 8.21. The fourth-order valence-electron chi connectivity index (χ4n) is 3.20. The molecule has 0 aliphatic carbocycles. The van der Waals surface area contributed by atoms with Crippen LogP contribution in [0.4, 0.5) is 17.3 Å². The monoisotopic (exact) mass is 363 g/mol. The van der Waals surface area contributed by atoms with Crippen molar-refractivity contribution < 1.29 is 14.4 Å². The Kier molecular flexibility index (Phi) is 4.08. The second kappa shape index (κ2) is 6.56. The molecule has 1 atom stereocenters. The molecule has 0 radical (unpaired) electrons. The number of fused-ring (bicyclic) bond motifs is 3. The molecule has 8 heteroatoms. The molecule has 1 aliphatic rings. The summed E-state index contributed by atoms with van der Waals surface area (Å²) in [7, 11) is 0. The minimum Gasteiger partial charge on any atom is -0.326 e. The summed E-state index contributed by atoms with van der Waals surface area (Å²) in [4.78, 5) is 40.6. The van der Waals surface area contributed by atoms with Crippen LogP contribution in [0, 0.1) is 0 Å². The number of hydrogen-bond acceptors (Lipinski definition) is 4. The number of carbonyl (C=O) groups excluding carboxylic acids is 3. The quantitative estimate of drug-likeness (QED) is 0.665. The SMILES string of the molecule is CC(=O)Nc1cccc(NC(=O)C2CC(=O)Nc3nc4ccccc4n32)c1. The molecule has 27 heavy (non-hydrogen) atoms. The van der Waals surface area contributed by atoms with Crippen molar-refractivity contribution in [3.05, 3.63) is 48.5 Å². The van der Waals surface area contributed by atoms with Gasteiger partial charge in [-0.1, -0.05) is 18.2 Å². The average molecular weight is 363 g/mol. The van der Waals surface area contributed by atoms with Crippen LogP contribution >= 0.6 is 0 Å². The van der Waals surface area contributed by atoms with Gasteiger partial charge >= 0.3 is 0 Å². The number of nitrogens with one attached hydrogen (secondary N) is 3. The average Bonchev–Trinajstić information content (AvgIpc) is 2.98. The smallest absolute Gasteiger partial charge is 0.248 e. The molecule has 4 rings (SSSR count). The highest BCUT2D eigenvalue weighted by molar-refractivity contribution is 6.03. The van der Waals surface area contributed by atoms with E-state index >= 15 is 0 Å². The molecule has 1 unspecified atom stereocenters. The van der Waals surface area contributed by atoms with Gasteiger partial charge in [0, 0.05) is 18.3 Å². The van der Waals surface area contributed by atoms with Crippen LogP contribution in [-0.4, -0.2) is 27.3 Å². The molecule has 0 spiro atoms. The number of aromatic nitrogens is 2. The topological polar surface area (TPSA) is 105 Å². The Hall–Kier alpha value is -3.68. The number of rotatable bonds is 3. The number of hydrogen-bond donors (Lipinski definition) is 3. The predicted molar refractivity (Wildman–Crippen MR) is 101 cm³/mol. The van der Waals surface area contributed by atoms with Crippen molar-refractivity contribution in [2.24, 2.45) is 0 Å². The molecule has 0 fully saturated rings. The van der Waals surface area contributed by atoms with Crippen LogP contribution in [-0.2, 0) is 14.4 Å². The zero-order valence-electron chi connectivity index (χ0n) is 14.5. The molecule has 3 amide bonds. The van der Waals surface area contributed by atoms with Crippen molar-refractivity contribution in [3.8, 4) is 0 Å². The normalized spacial score (nSPS) is 15.7. The number of anilines is 3. The Labute approximate surface area is 154 Å². The fraction of sp³-hybridized carbons (Fsp3) is 0.158. The molecule has 136 valence electrons. The van der Waals surface area contributed by atoms with Crippen LogP contribution in [0.2, 0.25) is 0 Å². The molecular weight excluding hydrogens is 346 g/mol. The Morgan fingerprint density at radius 3 is 2.63 bits per heavy atom. The highest BCUT2D eigenvalue weighted by Gasteiger charge is 2.32. The van der Waals surface area contributed by atoms with Gasteiger partial charge in [-0.3, -0.25) is 24.3 Å². The zero-order chi connectivity index (χ0) is 19.0. The van der Waals surface area contributed by atoms with Crippen LogP contribution in [0.25, 0.3) is 11.0 Å². The van der Waals surface area contributed by atoms with E-state index in [9.17, 15) is 14.4 Å². The lowest BCUT2D eigenvalue weighted by Crippen LogP contribution is -2.35. The second-order valence-corrected chi connectivity index (χ2v) is 6.31. The summed E-state index contributed by atoms with van der Waals surface area (Å²) in [5.74, 6) is -0.421. The van der Waals surface area contributed by atoms with Gasteiger partial charge in [0.15, 0.2) is 0 Å². The lowest BCUT2D eigenvalue weighted by atomic mass is 10.1. The van der Waals surface area contributed by atoms with Gasteiger partial charge in [-0.2, -0.15) is 0 Å². The number of nitrogens with zero attached hydrogens (tertiary/aromatic N) is 2. The third-order valence-corrected chi connectivity index (χ3v) is 4.29. The summed E-state index contributed by atoms with van der Waals surface area (Å²) in [6, 6.07) is 13.5. The first-order valence-corrected chi connectivity index (χ1v) is 8.46. The summed E-state index contributed by atoms with van der Waals surface area (Å²) >= 11 is 0. The lowest BCUT2D eigenvalue weighted by Gasteiger charge is -2.25. The fourth-order valence-corrected chi connectivity index (χ4v) is 3.20. The molecule has 0 saturated carbocycles. The first kappa shape index (κ1) is 16.8.